The Morgan fingerprint density at radius 1 is 1.21 bits per heavy atom. The van der Waals surface area contributed by atoms with Crippen molar-refractivity contribution >= 4 is 21.7 Å². The van der Waals surface area contributed by atoms with E-state index in [2.05, 4.69) is 5.32 Å². The minimum absolute atomic E-state index is 0.0329. The molecule has 8 heteroatoms. The predicted molar refractivity (Wildman–Crippen MR) is 91.7 cm³/mol. The van der Waals surface area contributed by atoms with Crippen LogP contribution in [0.2, 0.25) is 0 Å². The molecule has 7 nitrogen and oxygen atoms in total. The van der Waals surface area contributed by atoms with Gasteiger partial charge in [0.05, 0.1) is 6.26 Å². The largest absolute Gasteiger partial charge is 0.484 e. The van der Waals surface area contributed by atoms with Crippen molar-refractivity contribution in [3.8, 4) is 5.75 Å². The van der Waals surface area contributed by atoms with Crippen molar-refractivity contribution in [3.63, 3.8) is 0 Å². The first kappa shape index (κ1) is 20.1. The second-order valence-corrected chi connectivity index (χ2v) is 7.31. The zero-order chi connectivity index (χ0) is 18.2. The van der Waals surface area contributed by atoms with Gasteiger partial charge in [-0.25, -0.2) is 12.7 Å². The zero-order valence-corrected chi connectivity index (χ0v) is 15.1. The third kappa shape index (κ3) is 7.10. The average molecular weight is 356 g/mol. The number of sulfonamides is 1. The van der Waals surface area contributed by atoms with Crippen LogP contribution in [0.15, 0.2) is 24.3 Å². The Labute approximate surface area is 143 Å². The van der Waals surface area contributed by atoms with E-state index in [1.54, 1.807) is 31.2 Å². The number of rotatable bonds is 10. The van der Waals surface area contributed by atoms with Gasteiger partial charge >= 0.3 is 0 Å². The van der Waals surface area contributed by atoms with Crippen molar-refractivity contribution in [3.05, 3.63) is 29.8 Å². The molecule has 0 aliphatic carbocycles. The number of benzene rings is 1. The van der Waals surface area contributed by atoms with Crippen LogP contribution < -0.4 is 10.1 Å². The summed E-state index contributed by atoms with van der Waals surface area (Å²) >= 11 is 0. The molecule has 0 aromatic heterocycles. The molecule has 1 aromatic rings. The number of hydrogen-bond acceptors (Lipinski definition) is 5. The molecule has 0 bridgehead atoms. The zero-order valence-electron chi connectivity index (χ0n) is 14.2. The molecular formula is C16H24N2O5S. The van der Waals surface area contributed by atoms with E-state index in [4.69, 9.17) is 4.74 Å². The van der Waals surface area contributed by atoms with Crippen LogP contribution in [0.3, 0.4) is 0 Å². The highest BCUT2D eigenvalue weighted by Crippen LogP contribution is 2.12. The summed E-state index contributed by atoms with van der Waals surface area (Å²) in [5, 5.41) is 2.67. The van der Waals surface area contributed by atoms with Gasteiger partial charge in [0.1, 0.15) is 5.75 Å². The molecule has 1 N–H and O–H groups in total. The summed E-state index contributed by atoms with van der Waals surface area (Å²) < 4.78 is 29.5. The molecule has 0 spiro atoms. The molecule has 1 amide bonds. The minimum Gasteiger partial charge on any atom is -0.484 e. The van der Waals surface area contributed by atoms with E-state index in [1.165, 1.54) is 17.5 Å². The van der Waals surface area contributed by atoms with Gasteiger partial charge in [0.25, 0.3) is 5.91 Å². The molecule has 0 saturated heterocycles. The first-order valence-corrected chi connectivity index (χ1v) is 9.54. The van der Waals surface area contributed by atoms with Crippen molar-refractivity contribution < 1.29 is 22.7 Å². The van der Waals surface area contributed by atoms with E-state index in [9.17, 15) is 18.0 Å². The van der Waals surface area contributed by atoms with E-state index < -0.39 is 10.0 Å². The molecule has 0 unspecified atom stereocenters. The minimum atomic E-state index is -3.20. The molecule has 0 saturated carbocycles. The Morgan fingerprint density at radius 2 is 1.83 bits per heavy atom. The number of nitrogens with zero attached hydrogens (tertiary/aromatic N) is 1. The lowest BCUT2D eigenvalue weighted by Gasteiger charge is -2.17. The van der Waals surface area contributed by atoms with Crippen LogP contribution in [0.1, 0.15) is 30.6 Å². The van der Waals surface area contributed by atoms with Crippen LogP contribution in [0.5, 0.6) is 5.75 Å². The lowest BCUT2D eigenvalue weighted by molar-refractivity contribution is -0.123. The number of Topliss-reactive ketones (excluding diaryl/α,β-unsaturated/α-hetero) is 1. The maximum atomic E-state index is 11.7. The number of ether oxygens (including phenoxy) is 1. The highest BCUT2D eigenvalue weighted by atomic mass is 32.2. The monoisotopic (exact) mass is 356 g/mol. The van der Waals surface area contributed by atoms with Crippen molar-refractivity contribution in [2.75, 3.05) is 32.5 Å². The van der Waals surface area contributed by atoms with Crippen molar-refractivity contribution in [1.82, 2.24) is 9.62 Å². The third-order valence-electron chi connectivity index (χ3n) is 3.36. The Bertz CT molecular complexity index is 656. The summed E-state index contributed by atoms with van der Waals surface area (Å²) in [7, 11) is -3.20. The van der Waals surface area contributed by atoms with Gasteiger partial charge in [0.2, 0.25) is 10.0 Å². The Hall–Kier alpha value is -1.93. The standard InChI is InChI=1S/C16H24N2O5S/c1-4-18(24(3,21)22)11-5-10-17-16(20)12-23-15-8-6-14(7-9-15)13(2)19/h6-9H,4-5,10-12H2,1-3H3,(H,17,20). The van der Waals surface area contributed by atoms with Crippen LogP contribution in [0.4, 0.5) is 0 Å². The normalized spacial score (nSPS) is 11.3. The fourth-order valence-electron chi connectivity index (χ4n) is 2.03. The topological polar surface area (TPSA) is 92.8 Å². The Balaban J connectivity index is 2.28. The van der Waals surface area contributed by atoms with Gasteiger partial charge in [-0.05, 0) is 37.6 Å². The molecule has 0 atom stereocenters. The number of hydrogen-bond donors (Lipinski definition) is 1. The van der Waals surface area contributed by atoms with E-state index in [0.717, 1.165) is 0 Å². The quantitative estimate of drug-likeness (QED) is 0.500. The van der Waals surface area contributed by atoms with Crippen molar-refractivity contribution in [1.29, 1.82) is 0 Å². The van der Waals surface area contributed by atoms with Crippen LogP contribution >= 0.6 is 0 Å². The van der Waals surface area contributed by atoms with Crippen molar-refractivity contribution in [2.24, 2.45) is 0 Å². The number of amides is 1. The van der Waals surface area contributed by atoms with Crippen LogP contribution in [0.25, 0.3) is 0 Å². The van der Waals surface area contributed by atoms with Crippen LogP contribution in [-0.4, -0.2) is 56.9 Å². The molecule has 0 aliphatic heterocycles. The van der Waals surface area contributed by atoms with E-state index in [-0.39, 0.29) is 18.3 Å². The highest BCUT2D eigenvalue weighted by molar-refractivity contribution is 7.88. The molecule has 1 rings (SSSR count). The predicted octanol–water partition coefficient (Wildman–Crippen LogP) is 1.06. The fourth-order valence-corrected chi connectivity index (χ4v) is 2.96. The Morgan fingerprint density at radius 3 is 2.33 bits per heavy atom. The summed E-state index contributed by atoms with van der Waals surface area (Å²) in [6.45, 7) is 4.26. The molecule has 0 aliphatic rings. The number of nitrogens with one attached hydrogen (secondary N) is 1. The molecule has 134 valence electrons. The maximum absolute atomic E-state index is 11.7. The summed E-state index contributed by atoms with van der Waals surface area (Å²) in [4.78, 5) is 22.8. The summed E-state index contributed by atoms with van der Waals surface area (Å²) in [6.07, 6.45) is 1.69. The molecule has 0 fully saturated rings. The van der Waals surface area contributed by atoms with Gasteiger partial charge in [0.15, 0.2) is 12.4 Å². The lowest BCUT2D eigenvalue weighted by Crippen LogP contribution is -2.34. The van der Waals surface area contributed by atoms with E-state index in [1.807, 2.05) is 0 Å². The van der Waals surface area contributed by atoms with Gasteiger partial charge in [-0.3, -0.25) is 9.59 Å². The van der Waals surface area contributed by atoms with Gasteiger partial charge < -0.3 is 10.1 Å². The highest BCUT2D eigenvalue weighted by Gasteiger charge is 2.13. The van der Waals surface area contributed by atoms with Gasteiger partial charge in [-0.1, -0.05) is 6.92 Å². The SMILES string of the molecule is CCN(CCCNC(=O)COc1ccc(C(C)=O)cc1)S(C)(=O)=O. The fraction of sp³-hybridized carbons (Fsp3) is 0.500. The first-order chi connectivity index (χ1) is 11.2. The van der Waals surface area contributed by atoms with Crippen LogP contribution in [0, 0.1) is 0 Å². The van der Waals surface area contributed by atoms with Crippen molar-refractivity contribution in [2.45, 2.75) is 20.3 Å². The second-order valence-electron chi connectivity index (χ2n) is 5.33. The van der Waals surface area contributed by atoms with Gasteiger partial charge in [-0.2, -0.15) is 0 Å². The number of ketones is 1. The molecule has 0 heterocycles. The van der Waals surface area contributed by atoms with Gasteiger partial charge in [-0.15, -0.1) is 0 Å². The van der Waals surface area contributed by atoms with E-state index >= 15 is 0 Å². The maximum Gasteiger partial charge on any atom is 0.257 e. The lowest BCUT2D eigenvalue weighted by atomic mass is 10.1. The van der Waals surface area contributed by atoms with Crippen LogP contribution in [-0.2, 0) is 14.8 Å². The molecule has 24 heavy (non-hydrogen) atoms. The molecule has 0 radical (unpaired) electrons. The summed E-state index contributed by atoms with van der Waals surface area (Å²) in [6, 6.07) is 6.55. The number of carbonyl (C=O) groups excluding carboxylic acids is 2. The van der Waals surface area contributed by atoms with E-state index in [0.29, 0.717) is 37.4 Å². The summed E-state index contributed by atoms with van der Waals surface area (Å²) in [5.41, 5.74) is 0.582. The summed E-state index contributed by atoms with van der Waals surface area (Å²) in [5.74, 6) is 0.187. The average Bonchev–Trinajstić information content (AvgIpc) is 2.52. The second kappa shape index (κ2) is 9.39. The molecular weight excluding hydrogens is 332 g/mol. The Kier molecular flexibility index (Phi) is 7.87. The first-order valence-electron chi connectivity index (χ1n) is 7.69. The third-order valence-corrected chi connectivity index (χ3v) is 4.74. The van der Waals surface area contributed by atoms with Gasteiger partial charge in [0, 0.05) is 25.2 Å². The number of carbonyl (C=O) groups is 2. The smallest absolute Gasteiger partial charge is 0.257 e. The molecule has 1 aromatic carbocycles.